The minimum Gasteiger partial charge on any atom is -0.468 e. The molecule has 1 N–H and O–H groups in total. The number of carbonyl (C=O) groups excluding carboxylic acids is 3. The van der Waals surface area contributed by atoms with Gasteiger partial charge in [-0.25, -0.2) is 0 Å². The lowest BCUT2D eigenvalue weighted by Crippen LogP contribution is -2.33. The normalized spacial score (nSPS) is 12.4. The summed E-state index contributed by atoms with van der Waals surface area (Å²) in [5.74, 6) is -1.09. The van der Waals surface area contributed by atoms with Crippen molar-refractivity contribution in [3.63, 3.8) is 0 Å². The number of hydrogen-bond donors (Lipinski definition) is 1. The van der Waals surface area contributed by atoms with Crippen molar-refractivity contribution >= 4 is 39.9 Å². The lowest BCUT2D eigenvalue weighted by atomic mass is 10.0. The van der Waals surface area contributed by atoms with Crippen LogP contribution in [0.2, 0.25) is 0 Å². The Kier molecular flexibility index (Phi) is 3.57. The van der Waals surface area contributed by atoms with Gasteiger partial charge in [-0.2, -0.15) is 0 Å². The molecule has 116 valence electrons. The summed E-state index contributed by atoms with van der Waals surface area (Å²) in [6.07, 6.45) is 1.18. The zero-order valence-electron chi connectivity index (χ0n) is 12.5. The lowest BCUT2D eigenvalue weighted by molar-refractivity contribution is -0.138. The maximum Gasteiger partial charge on any atom is 0.325 e. The van der Waals surface area contributed by atoms with Gasteiger partial charge in [-0.15, -0.1) is 0 Å². The average Bonchev–Trinajstić information content (AvgIpc) is 2.84. The SMILES string of the molecule is C=CC(=O)Nc1ccc2c3c(cccc13)C(=O)N2CC(=O)OC. The fraction of sp³-hybridized carbons (Fsp3) is 0.118. The molecule has 0 atom stereocenters. The van der Waals surface area contributed by atoms with E-state index in [0.29, 0.717) is 22.3 Å². The van der Waals surface area contributed by atoms with E-state index in [-0.39, 0.29) is 18.4 Å². The average molecular weight is 310 g/mol. The van der Waals surface area contributed by atoms with E-state index in [9.17, 15) is 14.4 Å². The maximum atomic E-state index is 12.5. The second kappa shape index (κ2) is 5.57. The van der Waals surface area contributed by atoms with Crippen LogP contribution in [0.3, 0.4) is 0 Å². The second-order valence-electron chi connectivity index (χ2n) is 5.02. The number of carbonyl (C=O) groups is 3. The summed E-state index contributed by atoms with van der Waals surface area (Å²) >= 11 is 0. The number of ether oxygens (including phenoxy) is 1. The van der Waals surface area contributed by atoms with E-state index in [0.717, 1.165) is 5.39 Å². The number of amides is 2. The number of rotatable bonds is 4. The summed E-state index contributed by atoms with van der Waals surface area (Å²) in [5.41, 5.74) is 1.71. The molecule has 2 aromatic carbocycles. The number of benzene rings is 2. The quantitative estimate of drug-likeness (QED) is 0.693. The number of nitrogens with zero attached hydrogens (tertiary/aromatic N) is 1. The van der Waals surface area contributed by atoms with Crippen LogP contribution >= 0.6 is 0 Å². The van der Waals surface area contributed by atoms with Gasteiger partial charge in [0.15, 0.2) is 0 Å². The first-order valence-electron chi connectivity index (χ1n) is 6.94. The van der Waals surface area contributed by atoms with E-state index in [1.165, 1.54) is 18.1 Å². The molecular formula is C17H14N2O4. The molecule has 3 rings (SSSR count). The molecule has 0 radical (unpaired) electrons. The topological polar surface area (TPSA) is 75.7 Å². The number of nitrogens with one attached hydrogen (secondary N) is 1. The minimum absolute atomic E-state index is 0.155. The standard InChI is InChI=1S/C17H14N2O4/c1-3-14(20)18-12-7-8-13-16-10(12)5-4-6-11(16)17(22)19(13)9-15(21)23-2/h3-8H,1,9H2,2H3,(H,18,20). The molecule has 23 heavy (non-hydrogen) atoms. The Balaban J connectivity index is 2.14. The number of esters is 1. The predicted octanol–water partition coefficient (Wildman–Crippen LogP) is 2.10. The molecular weight excluding hydrogens is 296 g/mol. The van der Waals surface area contributed by atoms with Crippen molar-refractivity contribution in [2.75, 3.05) is 23.9 Å². The summed E-state index contributed by atoms with van der Waals surface area (Å²) in [6, 6.07) is 8.66. The summed E-state index contributed by atoms with van der Waals surface area (Å²) in [7, 11) is 1.28. The summed E-state index contributed by atoms with van der Waals surface area (Å²) in [4.78, 5) is 37.0. The molecule has 0 unspecified atom stereocenters. The van der Waals surface area contributed by atoms with Crippen LogP contribution in [-0.4, -0.2) is 31.4 Å². The summed E-state index contributed by atoms with van der Waals surface area (Å²) < 4.78 is 4.65. The van der Waals surface area contributed by atoms with Crippen LogP contribution in [0.1, 0.15) is 10.4 Å². The van der Waals surface area contributed by atoms with Gasteiger partial charge in [0.05, 0.1) is 12.8 Å². The van der Waals surface area contributed by atoms with Gasteiger partial charge in [0.2, 0.25) is 5.91 Å². The summed E-state index contributed by atoms with van der Waals surface area (Å²) in [5, 5.41) is 4.16. The highest BCUT2D eigenvalue weighted by Crippen LogP contribution is 2.40. The van der Waals surface area contributed by atoms with E-state index < -0.39 is 5.97 Å². The third-order valence-electron chi connectivity index (χ3n) is 3.74. The van der Waals surface area contributed by atoms with Gasteiger partial charge in [0.1, 0.15) is 6.54 Å². The first-order chi connectivity index (χ1) is 11.1. The first-order valence-corrected chi connectivity index (χ1v) is 6.94. The first kappa shape index (κ1) is 14.8. The van der Waals surface area contributed by atoms with Crippen molar-refractivity contribution in [2.45, 2.75) is 0 Å². The van der Waals surface area contributed by atoms with Gasteiger partial charge >= 0.3 is 5.97 Å². The Bertz CT molecular complexity index is 857. The van der Waals surface area contributed by atoms with E-state index in [1.807, 2.05) is 6.07 Å². The zero-order chi connectivity index (χ0) is 16.6. The van der Waals surface area contributed by atoms with Gasteiger partial charge in [-0.1, -0.05) is 18.7 Å². The highest BCUT2D eigenvalue weighted by molar-refractivity contribution is 6.28. The van der Waals surface area contributed by atoms with Crippen molar-refractivity contribution < 1.29 is 19.1 Å². The van der Waals surface area contributed by atoms with Crippen LogP contribution in [0.15, 0.2) is 43.0 Å². The largest absolute Gasteiger partial charge is 0.468 e. The van der Waals surface area contributed by atoms with Crippen molar-refractivity contribution in [3.05, 3.63) is 48.6 Å². The molecule has 0 fully saturated rings. The Labute approximate surface area is 132 Å². The molecule has 6 heteroatoms. The summed E-state index contributed by atoms with van der Waals surface area (Å²) in [6.45, 7) is 3.27. The third-order valence-corrected chi connectivity index (χ3v) is 3.74. The Morgan fingerprint density at radius 1 is 1.30 bits per heavy atom. The Hall–Kier alpha value is -3.15. The van der Waals surface area contributed by atoms with E-state index in [2.05, 4.69) is 16.6 Å². The fourth-order valence-electron chi connectivity index (χ4n) is 2.69. The van der Waals surface area contributed by atoms with Crippen LogP contribution in [0.4, 0.5) is 11.4 Å². The highest BCUT2D eigenvalue weighted by atomic mass is 16.5. The molecule has 0 saturated heterocycles. The number of hydrogen-bond acceptors (Lipinski definition) is 4. The third kappa shape index (κ3) is 2.34. The molecule has 2 aromatic rings. The van der Waals surface area contributed by atoms with Crippen molar-refractivity contribution in [3.8, 4) is 0 Å². The molecule has 0 bridgehead atoms. The van der Waals surface area contributed by atoms with E-state index in [4.69, 9.17) is 0 Å². The fourth-order valence-corrected chi connectivity index (χ4v) is 2.69. The molecule has 1 aliphatic heterocycles. The molecule has 0 aliphatic carbocycles. The zero-order valence-corrected chi connectivity index (χ0v) is 12.5. The van der Waals surface area contributed by atoms with Crippen LogP contribution in [0.25, 0.3) is 10.8 Å². The minimum atomic E-state index is -0.497. The second-order valence-corrected chi connectivity index (χ2v) is 5.02. The van der Waals surface area contributed by atoms with Gasteiger partial charge in [-0.05, 0) is 24.3 Å². The smallest absolute Gasteiger partial charge is 0.325 e. The number of anilines is 2. The molecule has 0 spiro atoms. The predicted molar refractivity (Wildman–Crippen MR) is 86.5 cm³/mol. The Morgan fingerprint density at radius 3 is 2.78 bits per heavy atom. The maximum absolute atomic E-state index is 12.5. The lowest BCUT2D eigenvalue weighted by Gasteiger charge is -2.16. The van der Waals surface area contributed by atoms with Gasteiger partial charge in [0.25, 0.3) is 5.91 Å². The number of methoxy groups -OCH3 is 1. The molecule has 6 nitrogen and oxygen atoms in total. The van der Waals surface area contributed by atoms with E-state index >= 15 is 0 Å². The molecule has 0 saturated carbocycles. The van der Waals surface area contributed by atoms with Crippen LogP contribution < -0.4 is 10.2 Å². The highest BCUT2D eigenvalue weighted by Gasteiger charge is 2.32. The van der Waals surface area contributed by atoms with E-state index in [1.54, 1.807) is 24.3 Å². The van der Waals surface area contributed by atoms with Crippen molar-refractivity contribution in [1.29, 1.82) is 0 Å². The van der Waals surface area contributed by atoms with Crippen LogP contribution in [0.5, 0.6) is 0 Å². The van der Waals surface area contributed by atoms with Crippen LogP contribution in [-0.2, 0) is 14.3 Å². The molecule has 1 aliphatic rings. The van der Waals surface area contributed by atoms with Crippen molar-refractivity contribution in [1.82, 2.24) is 0 Å². The van der Waals surface area contributed by atoms with Crippen LogP contribution in [0, 0.1) is 0 Å². The molecule has 0 aromatic heterocycles. The van der Waals surface area contributed by atoms with Gasteiger partial charge in [0, 0.05) is 22.0 Å². The van der Waals surface area contributed by atoms with Crippen molar-refractivity contribution in [2.24, 2.45) is 0 Å². The molecule has 2 amide bonds. The van der Waals surface area contributed by atoms with Gasteiger partial charge in [-0.3, -0.25) is 19.3 Å². The Morgan fingerprint density at radius 2 is 2.09 bits per heavy atom. The molecule has 1 heterocycles. The van der Waals surface area contributed by atoms with Gasteiger partial charge < -0.3 is 10.1 Å². The monoisotopic (exact) mass is 310 g/mol.